The van der Waals surface area contributed by atoms with Gasteiger partial charge in [0.05, 0.1) is 24.1 Å². The minimum atomic E-state index is -0.929. The van der Waals surface area contributed by atoms with Crippen molar-refractivity contribution in [3.63, 3.8) is 0 Å². The molecule has 0 aliphatic rings. The third-order valence-corrected chi connectivity index (χ3v) is 3.02. The highest BCUT2D eigenvalue weighted by atomic mass is 79.9. The Morgan fingerprint density at radius 1 is 1.60 bits per heavy atom. The number of benzene rings is 1. The van der Waals surface area contributed by atoms with Gasteiger partial charge in [-0.15, -0.1) is 0 Å². The number of nitrogens with zero attached hydrogens (tertiary/aromatic N) is 1. The summed E-state index contributed by atoms with van der Waals surface area (Å²) in [7, 11) is 1.49. The summed E-state index contributed by atoms with van der Waals surface area (Å²) in [5.41, 5.74) is 0.0372. The first-order valence-electron chi connectivity index (χ1n) is 5.86. The fraction of sp³-hybridized carbons (Fsp3) is 0.417. The molecule has 1 aromatic carbocycles. The van der Waals surface area contributed by atoms with Gasteiger partial charge in [-0.05, 0) is 13.0 Å². The first kappa shape index (κ1) is 16.4. The van der Waals surface area contributed by atoms with Crippen LogP contribution in [-0.4, -0.2) is 29.6 Å². The number of carbonyl (C=O) groups excluding carboxylic acids is 1. The number of nitrogens with one attached hydrogen (secondary N) is 1. The van der Waals surface area contributed by atoms with Gasteiger partial charge in [0.15, 0.2) is 0 Å². The lowest BCUT2D eigenvalue weighted by molar-refractivity contribution is -0.386. The van der Waals surface area contributed by atoms with Crippen molar-refractivity contribution in [1.82, 2.24) is 5.32 Å². The Balaban J connectivity index is 3.07. The van der Waals surface area contributed by atoms with Crippen LogP contribution in [0.5, 0.6) is 5.75 Å². The molecule has 1 amide bonds. The van der Waals surface area contributed by atoms with E-state index in [2.05, 4.69) is 21.2 Å². The predicted octanol–water partition coefficient (Wildman–Crippen LogP) is 1.93. The van der Waals surface area contributed by atoms with Crippen LogP contribution in [0.4, 0.5) is 5.69 Å². The second kappa shape index (κ2) is 7.20. The zero-order chi connectivity index (χ0) is 15.3. The highest BCUT2D eigenvalue weighted by molar-refractivity contribution is 9.10. The molecule has 0 heterocycles. The molecule has 110 valence electrons. The van der Waals surface area contributed by atoms with E-state index in [0.29, 0.717) is 10.0 Å². The molecule has 7 nitrogen and oxygen atoms in total. The third-order valence-electron chi connectivity index (χ3n) is 2.56. The lowest BCUT2D eigenvalue weighted by Crippen LogP contribution is -2.20. The highest BCUT2D eigenvalue weighted by Gasteiger charge is 2.23. The van der Waals surface area contributed by atoms with Crippen molar-refractivity contribution < 1.29 is 19.6 Å². The molecule has 1 atom stereocenters. The summed E-state index contributed by atoms with van der Waals surface area (Å²) in [5.74, 6) is -0.250. The SMILES string of the molecule is CNC(=O)CCOc1c([C@H](C)O)cc(Br)cc1[N+](=O)[O-]. The molecule has 0 unspecified atom stereocenters. The van der Waals surface area contributed by atoms with E-state index in [1.54, 1.807) is 6.07 Å². The molecular weight excluding hydrogens is 332 g/mol. The number of rotatable bonds is 6. The number of aliphatic hydroxyl groups excluding tert-OH is 1. The number of amides is 1. The van der Waals surface area contributed by atoms with Gasteiger partial charge < -0.3 is 15.2 Å². The Morgan fingerprint density at radius 3 is 2.75 bits per heavy atom. The van der Waals surface area contributed by atoms with Crippen LogP contribution in [0.25, 0.3) is 0 Å². The average Bonchev–Trinajstić information content (AvgIpc) is 2.38. The molecule has 0 spiro atoms. The van der Waals surface area contributed by atoms with Crippen molar-refractivity contribution >= 4 is 27.5 Å². The standard InChI is InChI=1S/C12H15BrN2O5/c1-7(16)9-5-8(13)6-10(15(18)19)12(9)20-4-3-11(17)14-2/h5-7,16H,3-4H2,1-2H3,(H,14,17)/t7-/m0/s1. The first-order valence-corrected chi connectivity index (χ1v) is 6.65. The molecule has 20 heavy (non-hydrogen) atoms. The van der Waals surface area contributed by atoms with E-state index < -0.39 is 11.0 Å². The molecule has 8 heteroatoms. The fourth-order valence-electron chi connectivity index (χ4n) is 1.57. The molecule has 0 aliphatic heterocycles. The molecule has 0 saturated heterocycles. The highest BCUT2D eigenvalue weighted by Crippen LogP contribution is 2.37. The molecular formula is C12H15BrN2O5. The zero-order valence-electron chi connectivity index (χ0n) is 11.1. The number of nitro groups is 1. The Morgan fingerprint density at radius 2 is 2.25 bits per heavy atom. The van der Waals surface area contributed by atoms with Crippen molar-refractivity contribution in [2.24, 2.45) is 0 Å². The minimum Gasteiger partial charge on any atom is -0.486 e. The van der Waals surface area contributed by atoms with Crippen molar-refractivity contribution in [3.05, 3.63) is 32.3 Å². The van der Waals surface area contributed by atoms with Gasteiger partial charge in [0.2, 0.25) is 11.7 Å². The number of hydrogen-bond donors (Lipinski definition) is 2. The summed E-state index contributed by atoms with van der Waals surface area (Å²) in [5, 5.41) is 23.2. The summed E-state index contributed by atoms with van der Waals surface area (Å²) < 4.78 is 5.81. The lowest BCUT2D eigenvalue weighted by Gasteiger charge is -2.14. The van der Waals surface area contributed by atoms with E-state index in [0.717, 1.165) is 0 Å². The molecule has 0 radical (unpaired) electrons. The zero-order valence-corrected chi connectivity index (χ0v) is 12.6. The number of hydrogen-bond acceptors (Lipinski definition) is 5. The molecule has 0 bridgehead atoms. The number of aliphatic hydroxyl groups is 1. The number of halogens is 1. The summed E-state index contributed by atoms with van der Waals surface area (Å²) >= 11 is 3.15. The average molecular weight is 347 g/mol. The van der Waals surface area contributed by atoms with E-state index in [9.17, 15) is 20.0 Å². The number of carbonyl (C=O) groups is 1. The first-order chi connectivity index (χ1) is 9.36. The maximum absolute atomic E-state index is 11.1. The molecule has 0 fully saturated rings. The second-order valence-electron chi connectivity index (χ2n) is 4.05. The van der Waals surface area contributed by atoms with Crippen LogP contribution in [0.15, 0.2) is 16.6 Å². The van der Waals surface area contributed by atoms with Gasteiger partial charge in [-0.2, -0.15) is 0 Å². The minimum absolute atomic E-state index is 0.0120. The van der Waals surface area contributed by atoms with Gasteiger partial charge in [0.25, 0.3) is 0 Å². The van der Waals surface area contributed by atoms with Gasteiger partial charge in [0.1, 0.15) is 0 Å². The van der Waals surface area contributed by atoms with Gasteiger partial charge >= 0.3 is 5.69 Å². The van der Waals surface area contributed by atoms with Crippen LogP contribution in [0.3, 0.4) is 0 Å². The van der Waals surface area contributed by atoms with E-state index >= 15 is 0 Å². The smallest absolute Gasteiger partial charge is 0.312 e. The molecule has 2 N–H and O–H groups in total. The normalized spacial score (nSPS) is 11.8. The lowest BCUT2D eigenvalue weighted by atomic mass is 10.1. The quantitative estimate of drug-likeness (QED) is 0.605. The van der Waals surface area contributed by atoms with E-state index in [4.69, 9.17) is 4.74 Å². The van der Waals surface area contributed by atoms with E-state index in [-0.39, 0.29) is 30.4 Å². The van der Waals surface area contributed by atoms with Crippen LogP contribution in [0.2, 0.25) is 0 Å². The second-order valence-corrected chi connectivity index (χ2v) is 4.96. The largest absolute Gasteiger partial charge is 0.486 e. The van der Waals surface area contributed by atoms with Crippen molar-refractivity contribution in [2.75, 3.05) is 13.7 Å². The molecule has 1 aromatic rings. The van der Waals surface area contributed by atoms with E-state index in [1.807, 2.05) is 0 Å². The maximum Gasteiger partial charge on any atom is 0.312 e. The van der Waals surface area contributed by atoms with Gasteiger partial charge in [-0.25, -0.2) is 0 Å². The number of nitro benzene ring substituents is 1. The summed E-state index contributed by atoms with van der Waals surface area (Å²) in [6, 6.07) is 2.84. The van der Waals surface area contributed by atoms with Crippen LogP contribution < -0.4 is 10.1 Å². The Bertz CT molecular complexity index is 519. The van der Waals surface area contributed by atoms with Crippen LogP contribution in [0.1, 0.15) is 25.0 Å². The summed E-state index contributed by atoms with van der Waals surface area (Å²) in [4.78, 5) is 21.6. The van der Waals surface area contributed by atoms with Gasteiger partial charge in [0, 0.05) is 23.2 Å². The predicted molar refractivity (Wildman–Crippen MR) is 75.6 cm³/mol. The van der Waals surface area contributed by atoms with Crippen molar-refractivity contribution in [1.29, 1.82) is 0 Å². The van der Waals surface area contributed by atoms with Gasteiger partial charge in [-0.3, -0.25) is 14.9 Å². The third kappa shape index (κ3) is 4.17. The molecule has 0 saturated carbocycles. The monoisotopic (exact) mass is 346 g/mol. The summed E-state index contributed by atoms with van der Waals surface area (Å²) in [6.45, 7) is 1.47. The Hall–Kier alpha value is -1.67. The maximum atomic E-state index is 11.1. The fourth-order valence-corrected chi connectivity index (χ4v) is 2.04. The van der Waals surface area contributed by atoms with Crippen LogP contribution >= 0.6 is 15.9 Å². The number of ether oxygens (including phenoxy) is 1. The van der Waals surface area contributed by atoms with Crippen LogP contribution in [-0.2, 0) is 4.79 Å². The topological polar surface area (TPSA) is 102 Å². The van der Waals surface area contributed by atoms with Crippen molar-refractivity contribution in [2.45, 2.75) is 19.4 Å². The molecule has 0 aliphatic carbocycles. The Labute approximate surface area is 124 Å². The Kier molecular flexibility index (Phi) is 5.90. The summed E-state index contributed by atoms with van der Waals surface area (Å²) in [6.07, 6.45) is -0.857. The van der Waals surface area contributed by atoms with Crippen molar-refractivity contribution in [3.8, 4) is 5.75 Å². The molecule has 1 rings (SSSR count). The van der Waals surface area contributed by atoms with E-state index in [1.165, 1.54) is 20.0 Å². The molecule has 0 aromatic heterocycles. The van der Waals surface area contributed by atoms with Gasteiger partial charge in [-0.1, -0.05) is 15.9 Å². The van der Waals surface area contributed by atoms with Crippen LogP contribution in [0, 0.1) is 10.1 Å².